The number of amides is 1. The van der Waals surface area contributed by atoms with Crippen molar-refractivity contribution in [3.8, 4) is 11.5 Å². The molecule has 2 rings (SSSR count). The number of carbonyl (C=O) groups excluding carboxylic acids is 1. The smallest absolute Gasteiger partial charge is 0.335 e. The molecule has 0 saturated heterocycles. The van der Waals surface area contributed by atoms with Gasteiger partial charge in [-0.05, 0) is 29.5 Å². The Morgan fingerprint density at radius 2 is 1.74 bits per heavy atom. The molecule has 6 heteroatoms. The molecule has 0 aliphatic carbocycles. The number of hydrogen-bond donors (Lipinski definition) is 2. The fraction of sp³-hybridized carbons (Fsp3) is 0.333. The van der Waals surface area contributed by atoms with Gasteiger partial charge in [0.15, 0.2) is 11.5 Å². The first kappa shape index (κ1) is 20.3. The molecule has 0 aromatic heterocycles. The zero-order valence-electron chi connectivity index (χ0n) is 16.0. The van der Waals surface area contributed by atoms with Gasteiger partial charge >= 0.3 is 5.97 Å². The zero-order chi connectivity index (χ0) is 20.0. The van der Waals surface area contributed by atoms with Crippen LogP contribution in [0.3, 0.4) is 0 Å². The van der Waals surface area contributed by atoms with Crippen LogP contribution in [0.1, 0.15) is 42.1 Å². The van der Waals surface area contributed by atoms with Crippen LogP contribution < -0.4 is 14.8 Å². The Balaban J connectivity index is 2.28. The Hall–Kier alpha value is -3.02. The van der Waals surface area contributed by atoms with Crippen molar-refractivity contribution in [2.75, 3.05) is 19.5 Å². The van der Waals surface area contributed by atoms with Gasteiger partial charge in [-0.1, -0.05) is 44.2 Å². The summed E-state index contributed by atoms with van der Waals surface area (Å²) in [6.45, 7) is 4.14. The summed E-state index contributed by atoms with van der Waals surface area (Å²) in [6, 6.07) is 12.6. The molecule has 2 N–H and O–H groups in total. The highest BCUT2D eigenvalue weighted by Crippen LogP contribution is 2.37. The van der Waals surface area contributed by atoms with Crippen molar-refractivity contribution in [2.24, 2.45) is 5.92 Å². The second-order valence-corrected chi connectivity index (χ2v) is 6.58. The Morgan fingerprint density at radius 3 is 2.26 bits per heavy atom. The minimum Gasteiger partial charge on any atom is -0.493 e. The lowest BCUT2D eigenvalue weighted by Gasteiger charge is -2.21. The topological polar surface area (TPSA) is 84.9 Å². The minimum atomic E-state index is -1.12. The van der Waals surface area contributed by atoms with Crippen molar-refractivity contribution in [2.45, 2.75) is 26.2 Å². The summed E-state index contributed by atoms with van der Waals surface area (Å²) in [4.78, 5) is 24.0. The first-order valence-corrected chi connectivity index (χ1v) is 8.71. The molecule has 144 valence electrons. The Morgan fingerprint density at radius 1 is 1.07 bits per heavy atom. The number of rotatable bonds is 8. The first-order chi connectivity index (χ1) is 12.9. The molecule has 0 fully saturated rings. The van der Waals surface area contributed by atoms with Gasteiger partial charge in [0.1, 0.15) is 0 Å². The van der Waals surface area contributed by atoms with Gasteiger partial charge in [0, 0.05) is 6.42 Å². The van der Waals surface area contributed by atoms with Gasteiger partial charge in [0.2, 0.25) is 5.91 Å². The number of aromatic carboxylic acids is 1. The number of carbonyl (C=O) groups is 2. The zero-order valence-corrected chi connectivity index (χ0v) is 16.0. The lowest BCUT2D eigenvalue weighted by Crippen LogP contribution is -2.19. The van der Waals surface area contributed by atoms with E-state index in [1.165, 1.54) is 26.4 Å². The highest BCUT2D eigenvalue weighted by Gasteiger charge is 2.22. The van der Waals surface area contributed by atoms with Crippen LogP contribution in [0, 0.1) is 5.92 Å². The molecule has 0 bridgehead atoms. The fourth-order valence-corrected chi connectivity index (χ4v) is 3.02. The summed E-state index contributed by atoms with van der Waals surface area (Å²) in [6.07, 6.45) is 0.268. The lowest BCUT2D eigenvalue weighted by atomic mass is 9.85. The number of methoxy groups -OCH3 is 2. The number of carboxylic acids is 1. The highest BCUT2D eigenvalue weighted by atomic mass is 16.5. The third kappa shape index (κ3) is 5.00. The molecular weight excluding hydrogens is 346 g/mol. The predicted octanol–water partition coefficient (Wildman–Crippen LogP) is 4.17. The standard InChI is InChI=1S/C21H25NO5/c1-13(2)16(14-8-6-5-7-9-14)12-19(23)22-17-10-15(21(24)25)11-18(26-3)20(17)27-4/h5-11,13,16H,12H2,1-4H3,(H,22,23)(H,24,25). The van der Waals surface area contributed by atoms with Crippen LogP contribution >= 0.6 is 0 Å². The summed E-state index contributed by atoms with van der Waals surface area (Å²) in [7, 11) is 2.86. The van der Waals surface area contributed by atoms with Gasteiger partial charge < -0.3 is 19.9 Å². The predicted molar refractivity (Wildman–Crippen MR) is 104 cm³/mol. The van der Waals surface area contributed by atoms with E-state index >= 15 is 0 Å². The number of hydrogen-bond acceptors (Lipinski definition) is 4. The maximum atomic E-state index is 12.7. The maximum Gasteiger partial charge on any atom is 0.335 e. The number of anilines is 1. The van der Waals surface area contributed by atoms with Crippen LogP contribution in [0.25, 0.3) is 0 Å². The van der Waals surface area contributed by atoms with Crippen molar-refractivity contribution in [1.82, 2.24) is 0 Å². The second kappa shape index (κ2) is 9.07. The lowest BCUT2D eigenvalue weighted by molar-refractivity contribution is -0.116. The van der Waals surface area contributed by atoms with E-state index in [0.717, 1.165) is 5.56 Å². The number of carboxylic acid groups (broad SMARTS) is 1. The quantitative estimate of drug-likeness (QED) is 0.727. The third-order valence-electron chi connectivity index (χ3n) is 4.44. The van der Waals surface area contributed by atoms with E-state index in [2.05, 4.69) is 19.2 Å². The number of benzene rings is 2. The average Bonchev–Trinajstić information content (AvgIpc) is 2.65. The Kier molecular flexibility index (Phi) is 6.82. The molecule has 2 aromatic carbocycles. The molecule has 0 aliphatic heterocycles. The van der Waals surface area contributed by atoms with Gasteiger partial charge in [-0.25, -0.2) is 4.79 Å². The van der Waals surface area contributed by atoms with Crippen molar-refractivity contribution in [1.29, 1.82) is 0 Å². The van der Waals surface area contributed by atoms with Crippen LogP contribution in [0.2, 0.25) is 0 Å². The van der Waals surface area contributed by atoms with Crippen LogP contribution in [-0.4, -0.2) is 31.2 Å². The van der Waals surface area contributed by atoms with E-state index in [9.17, 15) is 14.7 Å². The summed E-state index contributed by atoms with van der Waals surface area (Å²) in [5.41, 5.74) is 1.37. The third-order valence-corrected chi connectivity index (χ3v) is 4.44. The number of ether oxygens (including phenoxy) is 2. The first-order valence-electron chi connectivity index (χ1n) is 8.71. The van der Waals surface area contributed by atoms with Crippen molar-refractivity contribution < 1.29 is 24.2 Å². The van der Waals surface area contributed by atoms with E-state index in [-0.39, 0.29) is 46.9 Å². The molecule has 1 unspecified atom stereocenters. The monoisotopic (exact) mass is 371 g/mol. The van der Waals surface area contributed by atoms with Crippen molar-refractivity contribution >= 4 is 17.6 Å². The highest BCUT2D eigenvalue weighted by molar-refractivity contribution is 5.97. The van der Waals surface area contributed by atoms with Crippen LogP contribution in [0.15, 0.2) is 42.5 Å². The molecule has 2 aromatic rings. The van der Waals surface area contributed by atoms with E-state index in [1.807, 2.05) is 30.3 Å². The fourth-order valence-electron chi connectivity index (χ4n) is 3.02. The summed E-state index contributed by atoms with van der Waals surface area (Å²) < 4.78 is 10.5. The van der Waals surface area contributed by atoms with Crippen LogP contribution in [0.4, 0.5) is 5.69 Å². The molecular formula is C21H25NO5. The van der Waals surface area contributed by atoms with E-state index < -0.39 is 5.97 Å². The molecule has 6 nitrogen and oxygen atoms in total. The van der Waals surface area contributed by atoms with Gasteiger partial charge in [-0.3, -0.25) is 4.79 Å². The molecule has 0 saturated carbocycles. The van der Waals surface area contributed by atoms with Gasteiger partial charge in [-0.2, -0.15) is 0 Å². The molecule has 0 aliphatic rings. The molecule has 0 spiro atoms. The molecule has 1 amide bonds. The summed E-state index contributed by atoms with van der Waals surface area (Å²) in [5, 5.41) is 12.1. The Bertz CT molecular complexity index is 802. The van der Waals surface area contributed by atoms with Crippen LogP contribution in [-0.2, 0) is 4.79 Å². The number of nitrogens with one attached hydrogen (secondary N) is 1. The SMILES string of the molecule is COc1cc(C(=O)O)cc(NC(=O)CC(c2ccccc2)C(C)C)c1OC. The normalized spacial score (nSPS) is 11.7. The maximum absolute atomic E-state index is 12.7. The van der Waals surface area contributed by atoms with Gasteiger partial charge in [0.05, 0.1) is 25.5 Å². The second-order valence-electron chi connectivity index (χ2n) is 6.58. The Labute approximate surface area is 159 Å². The van der Waals surface area contributed by atoms with E-state index in [0.29, 0.717) is 0 Å². The molecule has 0 heterocycles. The molecule has 0 radical (unpaired) electrons. The summed E-state index contributed by atoms with van der Waals surface area (Å²) in [5.74, 6) is -0.495. The van der Waals surface area contributed by atoms with Gasteiger partial charge in [0.25, 0.3) is 0 Å². The molecule has 27 heavy (non-hydrogen) atoms. The van der Waals surface area contributed by atoms with Gasteiger partial charge in [-0.15, -0.1) is 0 Å². The summed E-state index contributed by atoms with van der Waals surface area (Å²) >= 11 is 0. The largest absolute Gasteiger partial charge is 0.493 e. The molecule has 1 atom stereocenters. The van der Waals surface area contributed by atoms with Crippen molar-refractivity contribution in [3.63, 3.8) is 0 Å². The average molecular weight is 371 g/mol. The van der Waals surface area contributed by atoms with Crippen LogP contribution in [0.5, 0.6) is 11.5 Å². The van der Waals surface area contributed by atoms with E-state index in [4.69, 9.17) is 9.47 Å². The minimum absolute atomic E-state index is 0.00594. The van der Waals surface area contributed by atoms with E-state index in [1.54, 1.807) is 0 Å². The van der Waals surface area contributed by atoms with Crippen molar-refractivity contribution in [3.05, 3.63) is 53.6 Å².